The van der Waals surface area contributed by atoms with E-state index in [1.807, 2.05) is 30.3 Å². The van der Waals surface area contributed by atoms with Crippen molar-refractivity contribution < 1.29 is 9.59 Å². The van der Waals surface area contributed by atoms with Crippen LogP contribution in [-0.2, 0) is 9.59 Å². The Morgan fingerprint density at radius 3 is 2.27 bits per heavy atom. The van der Waals surface area contributed by atoms with Crippen molar-refractivity contribution in [2.24, 2.45) is 0 Å². The second-order valence-electron chi connectivity index (χ2n) is 6.27. The summed E-state index contributed by atoms with van der Waals surface area (Å²) in [7, 11) is 0. The Labute approximate surface area is 192 Å². The van der Waals surface area contributed by atoms with Crippen molar-refractivity contribution in [2.45, 2.75) is 4.90 Å². The molecule has 0 aromatic heterocycles. The minimum atomic E-state index is -0.525. The van der Waals surface area contributed by atoms with Crippen LogP contribution in [0.1, 0.15) is 0 Å². The smallest absolute Gasteiger partial charge is 0.283 e. The van der Waals surface area contributed by atoms with Crippen molar-refractivity contribution >= 4 is 69.8 Å². The number of hydrogen-bond acceptors (Lipinski definition) is 4. The first-order valence-corrected chi connectivity index (χ1v) is 10.7. The maximum atomic E-state index is 13.3. The molecule has 0 saturated heterocycles. The van der Waals surface area contributed by atoms with Crippen LogP contribution in [0.25, 0.3) is 0 Å². The van der Waals surface area contributed by atoms with Crippen molar-refractivity contribution in [2.75, 3.05) is 10.2 Å². The molecule has 3 aromatic rings. The lowest BCUT2D eigenvalue weighted by atomic mass is 10.3. The minimum absolute atomic E-state index is 0.133. The fourth-order valence-corrected chi connectivity index (χ4v) is 4.43. The number of amides is 2. The van der Waals surface area contributed by atoms with Crippen LogP contribution in [0.5, 0.6) is 0 Å². The first-order chi connectivity index (χ1) is 14.5. The molecule has 0 radical (unpaired) electrons. The number of nitrogens with one attached hydrogen (secondary N) is 1. The summed E-state index contributed by atoms with van der Waals surface area (Å²) in [6.07, 6.45) is 0. The number of nitrogens with zero attached hydrogens (tertiary/aromatic N) is 1. The van der Waals surface area contributed by atoms with Crippen molar-refractivity contribution in [3.8, 4) is 0 Å². The Kier molecular flexibility index (Phi) is 6.06. The number of thioether (sulfide) groups is 1. The number of benzene rings is 3. The zero-order valence-electron chi connectivity index (χ0n) is 15.2. The zero-order valence-corrected chi connectivity index (χ0v) is 18.3. The maximum Gasteiger partial charge on any atom is 0.283 e. The number of rotatable bonds is 5. The molecular formula is C22H13Cl3N2O2S. The highest BCUT2D eigenvalue weighted by Gasteiger charge is 2.41. The molecule has 1 heterocycles. The van der Waals surface area contributed by atoms with Gasteiger partial charge in [0.25, 0.3) is 11.8 Å². The molecule has 0 aliphatic carbocycles. The number of carbonyl (C=O) groups excluding carboxylic acids is 2. The molecule has 1 aliphatic rings. The van der Waals surface area contributed by atoms with Gasteiger partial charge >= 0.3 is 0 Å². The minimum Gasteiger partial charge on any atom is -0.350 e. The standard InChI is InChI=1S/C22H13Cl3N2O2S/c23-13-6-4-7-14(12-13)26-19-20(30-15-8-2-1-3-9-15)22(29)27(21(19)28)17-11-5-10-16(24)18(17)25/h1-12,26H. The van der Waals surface area contributed by atoms with Crippen LogP contribution in [0, 0.1) is 0 Å². The van der Waals surface area contributed by atoms with Crippen molar-refractivity contribution in [3.63, 3.8) is 0 Å². The van der Waals surface area contributed by atoms with Crippen LogP contribution in [0.2, 0.25) is 15.1 Å². The number of anilines is 2. The predicted molar refractivity (Wildman–Crippen MR) is 123 cm³/mol. The lowest BCUT2D eigenvalue weighted by Gasteiger charge is -2.17. The van der Waals surface area contributed by atoms with Crippen LogP contribution >= 0.6 is 46.6 Å². The normalized spacial score (nSPS) is 13.9. The van der Waals surface area contributed by atoms with Gasteiger partial charge in [0.15, 0.2) is 0 Å². The van der Waals surface area contributed by atoms with E-state index in [-0.39, 0.29) is 26.3 Å². The van der Waals surface area contributed by atoms with E-state index >= 15 is 0 Å². The highest BCUT2D eigenvalue weighted by atomic mass is 35.5. The molecule has 0 atom stereocenters. The highest BCUT2D eigenvalue weighted by Crippen LogP contribution is 2.41. The van der Waals surface area contributed by atoms with E-state index in [0.717, 1.165) is 9.80 Å². The van der Waals surface area contributed by atoms with E-state index in [1.54, 1.807) is 42.5 Å². The maximum absolute atomic E-state index is 13.3. The summed E-state index contributed by atoms with van der Waals surface area (Å²) in [6, 6.07) is 21.0. The van der Waals surface area contributed by atoms with Gasteiger partial charge in [0.2, 0.25) is 0 Å². The summed E-state index contributed by atoms with van der Waals surface area (Å²) in [5, 5.41) is 3.94. The molecule has 0 fully saturated rings. The number of carbonyl (C=O) groups is 2. The summed E-state index contributed by atoms with van der Waals surface area (Å²) < 4.78 is 0. The molecule has 8 heteroatoms. The van der Waals surface area contributed by atoms with Gasteiger partial charge in [0, 0.05) is 15.6 Å². The largest absolute Gasteiger partial charge is 0.350 e. The molecule has 0 unspecified atom stereocenters. The molecule has 0 bridgehead atoms. The predicted octanol–water partition coefficient (Wildman–Crippen LogP) is 6.64. The fraction of sp³-hybridized carbons (Fsp3) is 0. The molecular weight excluding hydrogens is 463 g/mol. The van der Waals surface area contributed by atoms with Crippen molar-refractivity contribution in [3.05, 3.63) is 98.5 Å². The van der Waals surface area contributed by atoms with Crippen LogP contribution in [0.4, 0.5) is 11.4 Å². The van der Waals surface area contributed by atoms with E-state index in [0.29, 0.717) is 10.7 Å². The number of hydrogen-bond donors (Lipinski definition) is 1. The van der Waals surface area contributed by atoms with Gasteiger partial charge in [0.05, 0.1) is 15.7 Å². The van der Waals surface area contributed by atoms with Crippen molar-refractivity contribution in [1.82, 2.24) is 0 Å². The van der Waals surface area contributed by atoms with E-state index in [9.17, 15) is 9.59 Å². The monoisotopic (exact) mass is 474 g/mol. The summed E-state index contributed by atoms with van der Waals surface area (Å²) >= 11 is 19.7. The zero-order chi connectivity index (χ0) is 21.3. The molecule has 30 heavy (non-hydrogen) atoms. The SMILES string of the molecule is O=C1C(Nc2cccc(Cl)c2)=C(Sc2ccccc2)C(=O)N1c1cccc(Cl)c1Cl. The second-order valence-corrected chi connectivity index (χ2v) is 8.58. The molecule has 150 valence electrons. The van der Waals surface area contributed by atoms with Gasteiger partial charge in [-0.2, -0.15) is 0 Å². The van der Waals surface area contributed by atoms with Gasteiger partial charge in [-0.05, 0) is 42.5 Å². The summed E-state index contributed by atoms with van der Waals surface area (Å²) in [5.74, 6) is -1.01. The lowest BCUT2D eigenvalue weighted by molar-refractivity contribution is -0.120. The van der Waals surface area contributed by atoms with Crippen LogP contribution in [0.3, 0.4) is 0 Å². The molecule has 2 amide bonds. The third kappa shape index (κ3) is 4.07. The Morgan fingerprint density at radius 2 is 1.53 bits per heavy atom. The van der Waals surface area contributed by atoms with Gasteiger partial charge in [-0.1, -0.05) is 76.9 Å². The van der Waals surface area contributed by atoms with E-state index < -0.39 is 11.8 Å². The van der Waals surface area contributed by atoms with Gasteiger partial charge in [-0.3, -0.25) is 9.59 Å². The summed E-state index contributed by atoms with van der Waals surface area (Å²) in [5.41, 5.74) is 0.962. The summed E-state index contributed by atoms with van der Waals surface area (Å²) in [4.78, 5) is 28.7. The van der Waals surface area contributed by atoms with Crippen LogP contribution in [-0.4, -0.2) is 11.8 Å². The Bertz CT molecular complexity index is 1180. The van der Waals surface area contributed by atoms with Gasteiger partial charge < -0.3 is 5.32 Å². The van der Waals surface area contributed by atoms with Crippen LogP contribution < -0.4 is 10.2 Å². The van der Waals surface area contributed by atoms with E-state index in [2.05, 4.69) is 5.32 Å². The molecule has 0 spiro atoms. The van der Waals surface area contributed by atoms with E-state index in [4.69, 9.17) is 34.8 Å². The average molecular weight is 476 g/mol. The highest BCUT2D eigenvalue weighted by molar-refractivity contribution is 8.04. The third-order valence-electron chi connectivity index (χ3n) is 4.27. The van der Waals surface area contributed by atoms with Gasteiger partial charge in [0.1, 0.15) is 10.6 Å². The third-order valence-corrected chi connectivity index (χ3v) is 6.41. The first-order valence-electron chi connectivity index (χ1n) is 8.78. The second kappa shape index (κ2) is 8.74. The lowest BCUT2D eigenvalue weighted by Crippen LogP contribution is -2.32. The molecule has 4 nitrogen and oxygen atoms in total. The number of imide groups is 1. The molecule has 1 N–H and O–H groups in total. The number of halogens is 3. The van der Waals surface area contributed by atoms with Crippen LogP contribution in [0.15, 0.2) is 88.3 Å². The quantitative estimate of drug-likeness (QED) is 0.420. The van der Waals surface area contributed by atoms with Crippen molar-refractivity contribution in [1.29, 1.82) is 0 Å². The fourth-order valence-electron chi connectivity index (χ4n) is 2.92. The van der Waals surface area contributed by atoms with Gasteiger partial charge in [-0.15, -0.1) is 0 Å². The Morgan fingerprint density at radius 1 is 0.800 bits per heavy atom. The average Bonchev–Trinajstić information content (AvgIpc) is 2.95. The Balaban J connectivity index is 1.78. The molecule has 4 rings (SSSR count). The topological polar surface area (TPSA) is 49.4 Å². The van der Waals surface area contributed by atoms with E-state index in [1.165, 1.54) is 11.8 Å². The molecule has 3 aromatic carbocycles. The summed E-state index contributed by atoms with van der Waals surface area (Å²) in [6.45, 7) is 0. The molecule has 0 saturated carbocycles. The Hall–Kier alpha value is -2.44. The first kappa shape index (κ1) is 20.8. The van der Waals surface area contributed by atoms with Gasteiger partial charge in [-0.25, -0.2) is 4.90 Å². The molecule has 1 aliphatic heterocycles.